The lowest BCUT2D eigenvalue weighted by molar-refractivity contribution is 0.102. The summed E-state index contributed by atoms with van der Waals surface area (Å²) in [6, 6.07) is 6.71. The molecule has 1 aliphatic heterocycles. The second-order valence-corrected chi connectivity index (χ2v) is 5.16. The lowest BCUT2D eigenvalue weighted by Gasteiger charge is -2.25. The molecule has 4 nitrogen and oxygen atoms in total. The Kier molecular flexibility index (Phi) is 1.85. The zero-order valence-electron chi connectivity index (χ0n) is 7.60. The molecule has 0 atom stereocenters. The van der Waals surface area contributed by atoms with Crippen molar-refractivity contribution in [3.05, 3.63) is 29.8 Å². The van der Waals surface area contributed by atoms with E-state index in [0.29, 0.717) is 11.3 Å². The van der Waals surface area contributed by atoms with Gasteiger partial charge < -0.3 is 0 Å². The summed E-state index contributed by atoms with van der Waals surface area (Å²) in [6.07, 6.45) is 0. The summed E-state index contributed by atoms with van der Waals surface area (Å²) in [6.45, 7) is 0. The van der Waals surface area contributed by atoms with Crippen LogP contribution < -0.4 is 4.31 Å². The van der Waals surface area contributed by atoms with E-state index >= 15 is 0 Å². The molecule has 0 aromatic heterocycles. The van der Waals surface area contributed by atoms with Crippen LogP contribution in [0.4, 0.5) is 5.69 Å². The van der Waals surface area contributed by atoms with E-state index in [1.165, 1.54) is 7.05 Å². The van der Waals surface area contributed by atoms with Crippen molar-refractivity contribution in [2.45, 2.75) is 0 Å². The van der Waals surface area contributed by atoms with Gasteiger partial charge in [0.1, 0.15) is 5.75 Å². The van der Waals surface area contributed by atoms with E-state index in [2.05, 4.69) is 0 Å². The molecular formula is C9H9NO3S. The number of para-hydroxylation sites is 1. The van der Waals surface area contributed by atoms with Crippen LogP contribution in [0.5, 0.6) is 0 Å². The number of rotatable bonds is 0. The molecule has 0 radical (unpaired) electrons. The zero-order valence-corrected chi connectivity index (χ0v) is 8.41. The van der Waals surface area contributed by atoms with Crippen LogP contribution in [0.1, 0.15) is 10.4 Å². The number of benzene rings is 1. The standard InChI is InChI=1S/C9H9NO3S/c1-10-8-5-3-2-4-7(8)9(11)6-14(10,12)13/h2-5H,6H2,1H3. The fourth-order valence-corrected chi connectivity index (χ4v) is 2.61. The van der Waals surface area contributed by atoms with Gasteiger partial charge in [-0.3, -0.25) is 9.10 Å². The number of hydrogen-bond donors (Lipinski definition) is 0. The van der Waals surface area contributed by atoms with Crippen molar-refractivity contribution in [3.63, 3.8) is 0 Å². The number of carbonyl (C=O) groups is 1. The quantitative estimate of drug-likeness (QED) is 0.633. The highest BCUT2D eigenvalue weighted by Gasteiger charge is 2.31. The highest BCUT2D eigenvalue weighted by molar-refractivity contribution is 7.93. The van der Waals surface area contributed by atoms with Gasteiger partial charge in [-0.25, -0.2) is 8.42 Å². The van der Waals surface area contributed by atoms with Crippen molar-refractivity contribution in [2.24, 2.45) is 0 Å². The highest BCUT2D eigenvalue weighted by atomic mass is 32.2. The maximum absolute atomic E-state index is 11.5. The number of anilines is 1. The first-order valence-electron chi connectivity index (χ1n) is 4.11. The molecule has 0 fully saturated rings. The summed E-state index contributed by atoms with van der Waals surface area (Å²) in [4.78, 5) is 11.4. The average molecular weight is 211 g/mol. The van der Waals surface area contributed by atoms with Gasteiger partial charge >= 0.3 is 0 Å². The second-order valence-electron chi connectivity index (χ2n) is 3.16. The predicted octanol–water partition coefficient (Wildman–Crippen LogP) is 0.649. The van der Waals surface area contributed by atoms with Crippen LogP contribution in [0.2, 0.25) is 0 Å². The highest BCUT2D eigenvalue weighted by Crippen LogP contribution is 2.27. The Bertz CT molecular complexity index is 493. The molecule has 1 heterocycles. The zero-order chi connectivity index (χ0) is 10.3. The number of ketones is 1. The van der Waals surface area contributed by atoms with Gasteiger partial charge in [-0.15, -0.1) is 0 Å². The van der Waals surface area contributed by atoms with E-state index in [1.807, 2.05) is 0 Å². The predicted molar refractivity (Wildman–Crippen MR) is 53.0 cm³/mol. The van der Waals surface area contributed by atoms with Crippen molar-refractivity contribution in [1.29, 1.82) is 0 Å². The maximum atomic E-state index is 11.5. The first-order chi connectivity index (χ1) is 6.52. The molecule has 0 bridgehead atoms. The van der Waals surface area contributed by atoms with E-state index in [0.717, 1.165) is 4.31 Å². The van der Waals surface area contributed by atoms with Crippen LogP contribution in [-0.2, 0) is 10.0 Å². The van der Waals surface area contributed by atoms with Crippen molar-refractivity contribution >= 4 is 21.5 Å². The molecule has 0 unspecified atom stereocenters. The molecule has 14 heavy (non-hydrogen) atoms. The Morgan fingerprint density at radius 2 is 1.93 bits per heavy atom. The molecule has 5 heteroatoms. The first kappa shape index (κ1) is 9.21. The number of fused-ring (bicyclic) bond motifs is 1. The Balaban J connectivity index is 2.69. The molecule has 0 amide bonds. The van der Waals surface area contributed by atoms with Crippen molar-refractivity contribution in [2.75, 3.05) is 17.1 Å². The molecule has 1 aromatic carbocycles. The Morgan fingerprint density at radius 3 is 2.64 bits per heavy atom. The smallest absolute Gasteiger partial charge is 0.242 e. The molecule has 0 aliphatic carbocycles. The van der Waals surface area contributed by atoms with Crippen LogP contribution in [0, 0.1) is 0 Å². The number of carbonyl (C=O) groups excluding carboxylic acids is 1. The molecule has 1 aliphatic rings. The SMILES string of the molecule is CN1c2ccccc2C(=O)CS1(=O)=O. The van der Waals surface area contributed by atoms with E-state index in [-0.39, 0.29) is 5.78 Å². The summed E-state index contributed by atoms with van der Waals surface area (Å²) >= 11 is 0. The topological polar surface area (TPSA) is 54.5 Å². The third-order valence-corrected chi connectivity index (χ3v) is 3.93. The monoisotopic (exact) mass is 211 g/mol. The molecule has 1 aromatic rings. The van der Waals surface area contributed by atoms with Gasteiger partial charge in [0.2, 0.25) is 10.0 Å². The lowest BCUT2D eigenvalue weighted by Crippen LogP contribution is -2.37. The van der Waals surface area contributed by atoms with Crippen molar-refractivity contribution in [3.8, 4) is 0 Å². The van der Waals surface area contributed by atoms with Gasteiger partial charge in [0.15, 0.2) is 5.78 Å². The minimum atomic E-state index is -3.44. The Hall–Kier alpha value is -1.36. The molecule has 2 rings (SSSR count). The Labute approximate surface area is 82.2 Å². The van der Waals surface area contributed by atoms with Gasteiger partial charge in [-0.1, -0.05) is 12.1 Å². The average Bonchev–Trinajstić information content (AvgIpc) is 2.14. The second kappa shape index (κ2) is 2.81. The summed E-state index contributed by atoms with van der Waals surface area (Å²) in [7, 11) is -1.98. The minimum Gasteiger partial charge on any atom is -0.293 e. The van der Waals surface area contributed by atoms with Crippen molar-refractivity contribution < 1.29 is 13.2 Å². The van der Waals surface area contributed by atoms with E-state index < -0.39 is 15.8 Å². The van der Waals surface area contributed by atoms with E-state index in [1.54, 1.807) is 24.3 Å². The number of sulfonamides is 1. The van der Waals surface area contributed by atoms with E-state index in [4.69, 9.17) is 0 Å². The van der Waals surface area contributed by atoms with Crippen LogP contribution in [-0.4, -0.2) is 27.0 Å². The third kappa shape index (κ3) is 1.21. The molecule has 0 N–H and O–H groups in total. The van der Waals surface area contributed by atoms with Gasteiger partial charge in [0, 0.05) is 12.6 Å². The molecule has 0 saturated carbocycles. The lowest BCUT2D eigenvalue weighted by atomic mass is 10.1. The van der Waals surface area contributed by atoms with Crippen molar-refractivity contribution in [1.82, 2.24) is 0 Å². The summed E-state index contributed by atoms with van der Waals surface area (Å²) in [5.74, 6) is -0.765. The third-order valence-electron chi connectivity index (χ3n) is 2.27. The summed E-state index contributed by atoms with van der Waals surface area (Å²) < 4.78 is 24.1. The molecule has 0 saturated heterocycles. The minimum absolute atomic E-state index is 0.335. The van der Waals surface area contributed by atoms with Gasteiger partial charge in [-0.2, -0.15) is 0 Å². The van der Waals surface area contributed by atoms with Crippen LogP contribution in [0.25, 0.3) is 0 Å². The van der Waals surface area contributed by atoms with Gasteiger partial charge in [-0.05, 0) is 12.1 Å². The molecule has 0 spiro atoms. The maximum Gasteiger partial charge on any atom is 0.242 e. The first-order valence-corrected chi connectivity index (χ1v) is 5.72. The van der Waals surface area contributed by atoms with Crippen LogP contribution in [0.3, 0.4) is 0 Å². The van der Waals surface area contributed by atoms with Gasteiger partial charge in [0.25, 0.3) is 0 Å². The number of hydrogen-bond acceptors (Lipinski definition) is 3. The van der Waals surface area contributed by atoms with Crippen LogP contribution >= 0.6 is 0 Å². The van der Waals surface area contributed by atoms with Crippen LogP contribution in [0.15, 0.2) is 24.3 Å². The van der Waals surface area contributed by atoms with E-state index in [9.17, 15) is 13.2 Å². The Morgan fingerprint density at radius 1 is 1.29 bits per heavy atom. The number of nitrogens with zero attached hydrogens (tertiary/aromatic N) is 1. The fourth-order valence-electron chi connectivity index (χ4n) is 1.47. The summed E-state index contributed by atoms with van der Waals surface area (Å²) in [5.41, 5.74) is 0.938. The molecule has 74 valence electrons. The number of Topliss-reactive ketones (excluding diaryl/α,β-unsaturated/α-hetero) is 1. The van der Waals surface area contributed by atoms with Gasteiger partial charge in [0.05, 0.1) is 5.69 Å². The molecular weight excluding hydrogens is 202 g/mol. The largest absolute Gasteiger partial charge is 0.293 e. The fraction of sp³-hybridized carbons (Fsp3) is 0.222. The summed E-state index contributed by atoms with van der Waals surface area (Å²) in [5, 5.41) is 0. The normalized spacial score (nSPS) is 19.2.